The van der Waals surface area contributed by atoms with Gasteiger partial charge in [-0.25, -0.2) is 5.10 Å². The highest BCUT2D eigenvalue weighted by Gasteiger charge is 2.22. The molecule has 2 aromatic rings. The number of carbonyl (C=O) groups is 1. The Bertz CT molecular complexity index is 750. The molecule has 8 heteroatoms. The first-order valence-electron chi connectivity index (χ1n) is 8.07. The van der Waals surface area contributed by atoms with Crippen molar-refractivity contribution in [2.24, 2.45) is 0 Å². The molecule has 1 aromatic heterocycles. The molecule has 1 aliphatic rings. The van der Waals surface area contributed by atoms with Gasteiger partial charge in [0.15, 0.2) is 0 Å². The van der Waals surface area contributed by atoms with Crippen LogP contribution >= 0.6 is 11.6 Å². The predicted molar refractivity (Wildman–Crippen MR) is 94.1 cm³/mol. The van der Waals surface area contributed by atoms with Crippen LogP contribution in [0.15, 0.2) is 41.2 Å². The standard InChI is InChI=1S/C17H19ClN4O3/c18-13-1-3-14(4-2-13)25-12-11-21-7-9-22(10-8-21)17(24)15-5-6-16(23)20-19-15/h1-6H,7-12H2,(H,20,23). The van der Waals surface area contributed by atoms with Crippen LogP contribution in [-0.4, -0.2) is 65.2 Å². The van der Waals surface area contributed by atoms with Crippen LogP contribution in [0, 0.1) is 0 Å². The minimum atomic E-state index is -0.318. The lowest BCUT2D eigenvalue weighted by atomic mass is 10.2. The van der Waals surface area contributed by atoms with E-state index in [1.54, 1.807) is 17.0 Å². The van der Waals surface area contributed by atoms with Gasteiger partial charge in [0.25, 0.3) is 11.5 Å². The Hall–Kier alpha value is -2.38. The van der Waals surface area contributed by atoms with E-state index in [1.165, 1.54) is 12.1 Å². The summed E-state index contributed by atoms with van der Waals surface area (Å²) in [4.78, 5) is 27.3. The van der Waals surface area contributed by atoms with Gasteiger partial charge in [0.05, 0.1) is 0 Å². The second-order valence-electron chi connectivity index (χ2n) is 5.74. The summed E-state index contributed by atoms with van der Waals surface area (Å²) in [6.07, 6.45) is 0. The van der Waals surface area contributed by atoms with E-state index in [2.05, 4.69) is 15.1 Å². The van der Waals surface area contributed by atoms with Gasteiger partial charge in [-0.05, 0) is 30.3 Å². The van der Waals surface area contributed by atoms with E-state index >= 15 is 0 Å². The maximum Gasteiger partial charge on any atom is 0.274 e. The molecule has 7 nitrogen and oxygen atoms in total. The molecule has 1 fully saturated rings. The summed E-state index contributed by atoms with van der Waals surface area (Å²) in [5, 5.41) is 6.76. The van der Waals surface area contributed by atoms with Crippen LogP contribution in [-0.2, 0) is 0 Å². The van der Waals surface area contributed by atoms with Crippen molar-refractivity contribution in [3.05, 3.63) is 57.5 Å². The minimum absolute atomic E-state index is 0.159. The second kappa shape index (κ2) is 8.13. The molecule has 2 heterocycles. The number of nitrogens with zero attached hydrogens (tertiary/aromatic N) is 3. The number of carbonyl (C=O) groups excluding carboxylic acids is 1. The fraction of sp³-hybridized carbons (Fsp3) is 0.353. The van der Waals surface area contributed by atoms with E-state index in [-0.39, 0.29) is 17.2 Å². The molecule has 3 rings (SSSR count). The van der Waals surface area contributed by atoms with E-state index < -0.39 is 0 Å². The highest BCUT2D eigenvalue weighted by atomic mass is 35.5. The number of rotatable bonds is 5. The first kappa shape index (κ1) is 17.4. The topological polar surface area (TPSA) is 78.5 Å². The van der Waals surface area contributed by atoms with Crippen LogP contribution in [0.4, 0.5) is 0 Å². The minimum Gasteiger partial charge on any atom is -0.492 e. The molecule has 1 amide bonds. The number of hydrogen-bond donors (Lipinski definition) is 1. The van der Waals surface area contributed by atoms with Crippen molar-refractivity contribution >= 4 is 17.5 Å². The predicted octanol–water partition coefficient (Wildman–Crippen LogP) is 1.26. The van der Waals surface area contributed by atoms with E-state index in [9.17, 15) is 9.59 Å². The SMILES string of the molecule is O=C(c1ccc(=O)[nH]n1)N1CCN(CCOc2ccc(Cl)cc2)CC1. The Morgan fingerprint density at radius 2 is 1.84 bits per heavy atom. The van der Waals surface area contributed by atoms with Gasteiger partial charge >= 0.3 is 0 Å². The van der Waals surface area contributed by atoms with E-state index in [4.69, 9.17) is 16.3 Å². The molecule has 0 bridgehead atoms. The maximum absolute atomic E-state index is 12.3. The zero-order chi connectivity index (χ0) is 17.6. The first-order valence-corrected chi connectivity index (χ1v) is 8.45. The Morgan fingerprint density at radius 1 is 1.12 bits per heavy atom. The lowest BCUT2D eigenvalue weighted by Gasteiger charge is -2.34. The average Bonchev–Trinajstić information content (AvgIpc) is 2.64. The molecule has 25 heavy (non-hydrogen) atoms. The van der Waals surface area contributed by atoms with Gasteiger partial charge in [0.1, 0.15) is 18.1 Å². The number of aromatic nitrogens is 2. The fourth-order valence-corrected chi connectivity index (χ4v) is 2.75. The molecule has 0 saturated carbocycles. The van der Waals surface area contributed by atoms with Crippen molar-refractivity contribution in [3.63, 3.8) is 0 Å². The van der Waals surface area contributed by atoms with Crippen molar-refractivity contribution in [1.29, 1.82) is 0 Å². The van der Waals surface area contributed by atoms with Crippen LogP contribution in [0.1, 0.15) is 10.5 Å². The Kier molecular flexibility index (Phi) is 5.67. The summed E-state index contributed by atoms with van der Waals surface area (Å²) < 4.78 is 5.69. The Morgan fingerprint density at radius 3 is 2.48 bits per heavy atom. The molecule has 0 spiro atoms. The third kappa shape index (κ3) is 4.80. The monoisotopic (exact) mass is 362 g/mol. The normalized spacial score (nSPS) is 15.2. The third-order valence-electron chi connectivity index (χ3n) is 4.05. The average molecular weight is 363 g/mol. The highest BCUT2D eigenvalue weighted by molar-refractivity contribution is 6.30. The quantitative estimate of drug-likeness (QED) is 0.866. The highest BCUT2D eigenvalue weighted by Crippen LogP contribution is 2.15. The largest absolute Gasteiger partial charge is 0.492 e. The number of benzene rings is 1. The molecule has 1 N–H and O–H groups in total. The molecule has 0 radical (unpaired) electrons. The summed E-state index contributed by atoms with van der Waals surface area (Å²) in [6, 6.07) is 10.0. The van der Waals surface area contributed by atoms with Crippen molar-refractivity contribution in [2.45, 2.75) is 0 Å². The smallest absolute Gasteiger partial charge is 0.274 e. The summed E-state index contributed by atoms with van der Waals surface area (Å²) in [5.74, 6) is 0.635. The maximum atomic E-state index is 12.3. The molecule has 1 aromatic carbocycles. The van der Waals surface area contributed by atoms with E-state index in [0.29, 0.717) is 24.7 Å². The fourth-order valence-electron chi connectivity index (χ4n) is 2.62. The molecule has 1 saturated heterocycles. The van der Waals surface area contributed by atoms with Gasteiger partial charge in [0.2, 0.25) is 0 Å². The number of ether oxygens (including phenoxy) is 1. The van der Waals surface area contributed by atoms with Gasteiger partial charge in [-0.2, -0.15) is 5.10 Å². The van der Waals surface area contributed by atoms with Gasteiger partial charge in [-0.3, -0.25) is 14.5 Å². The van der Waals surface area contributed by atoms with Crippen molar-refractivity contribution < 1.29 is 9.53 Å². The van der Waals surface area contributed by atoms with Crippen LogP contribution in [0.5, 0.6) is 5.75 Å². The van der Waals surface area contributed by atoms with Gasteiger partial charge < -0.3 is 9.64 Å². The number of halogens is 1. The molecule has 1 aliphatic heterocycles. The Balaban J connectivity index is 1.42. The van der Waals surface area contributed by atoms with Crippen molar-refractivity contribution in [2.75, 3.05) is 39.3 Å². The second-order valence-corrected chi connectivity index (χ2v) is 6.18. The summed E-state index contributed by atoms with van der Waals surface area (Å²) in [6.45, 7) is 4.18. The molecular weight excluding hydrogens is 344 g/mol. The lowest BCUT2D eigenvalue weighted by Crippen LogP contribution is -2.49. The van der Waals surface area contributed by atoms with Crippen LogP contribution in [0.2, 0.25) is 5.02 Å². The molecule has 0 aliphatic carbocycles. The van der Waals surface area contributed by atoms with Gasteiger partial charge in [0, 0.05) is 43.8 Å². The van der Waals surface area contributed by atoms with E-state index in [1.807, 2.05) is 12.1 Å². The van der Waals surface area contributed by atoms with E-state index in [0.717, 1.165) is 25.4 Å². The van der Waals surface area contributed by atoms with Gasteiger partial charge in [-0.1, -0.05) is 11.6 Å². The summed E-state index contributed by atoms with van der Waals surface area (Å²) >= 11 is 5.84. The van der Waals surface area contributed by atoms with Crippen LogP contribution in [0.3, 0.4) is 0 Å². The lowest BCUT2D eigenvalue weighted by molar-refractivity contribution is 0.0613. The molecule has 0 unspecified atom stereocenters. The number of piperazine rings is 1. The van der Waals surface area contributed by atoms with Gasteiger partial charge in [-0.15, -0.1) is 0 Å². The number of hydrogen-bond acceptors (Lipinski definition) is 5. The number of H-pyrrole nitrogens is 1. The summed E-state index contributed by atoms with van der Waals surface area (Å²) in [7, 11) is 0. The third-order valence-corrected chi connectivity index (χ3v) is 4.30. The molecule has 0 atom stereocenters. The van der Waals surface area contributed by atoms with Crippen molar-refractivity contribution in [1.82, 2.24) is 20.0 Å². The molecular formula is C17H19ClN4O3. The summed E-state index contributed by atoms with van der Waals surface area (Å²) in [5.41, 5.74) is -0.0545. The number of amides is 1. The Labute approximate surface area is 150 Å². The zero-order valence-electron chi connectivity index (χ0n) is 13.7. The number of nitrogens with one attached hydrogen (secondary N) is 1. The number of aromatic amines is 1. The molecule has 132 valence electrons. The van der Waals surface area contributed by atoms with Crippen LogP contribution < -0.4 is 10.3 Å². The zero-order valence-corrected chi connectivity index (χ0v) is 14.4. The van der Waals surface area contributed by atoms with Crippen LogP contribution in [0.25, 0.3) is 0 Å². The van der Waals surface area contributed by atoms with Crippen molar-refractivity contribution in [3.8, 4) is 5.75 Å². The first-order chi connectivity index (χ1) is 12.1.